The Kier molecular flexibility index (Phi) is 7.79. The molecule has 0 radical (unpaired) electrons. The highest BCUT2D eigenvalue weighted by molar-refractivity contribution is 6.19. The first-order valence-electron chi connectivity index (χ1n) is 24.5. The summed E-state index contributed by atoms with van der Waals surface area (Å²) in [5.41, 5.74) is 21.7. The number of rotatable bonds is 5. The molecule has 0 saturated heterocycles. The average Bonchev–Trinajstić information content (AvgIpc) is 4.17. The molecule has 0 amide bonds. The zero-order valence-electron chi connectivity index (χ0n) is 38.4. The smallest absolute Gasteiger partial charge is 0.137 e. The van der Waals surface area contributed by atoms with Gasteiger partial charge in [0.15, 0.2) is 0 Å². The second-order valence-corrected chi connectivity index (χ2v) is 19.1. The standard InChI is InChI=1S/C67H41N3O/c1-7-27-55-48(21-1)49-22-2-8-28-56(49)67(55)57-29-9-13-33-62(57)70-61-32-12-5-26-54(61)65-47(37-38-58(67)66(65)70)42-17-15-18-43(39-42)68(46-35-36-53-52-25-6-14-34-63(52)71-64(53)41-46)44-19-16-20-45(40-44)69-59-30-10-3-23-50(59)51-24-4-11-31-60(51)69/h1-41H. The Balaban J connectivity index is 0.944. The van der Waals surface area contributed by atoms with Gasteiger partial charge in [-0.3, -0.25) is 0 Å². The molecule has 4 heterocycles. The lowest BCUT2D eigenvalue weighted by Gasteiger charge is -2.39. The van der Waals surface area contributed by atoms with Gasteiger partial charge in [-0.1, -0.05) is 170 Å². The molecule has 0 N–H and O–H groups in total. The van der Waals surface area contributed by atoms with Gasteiger partial charge in [-0.05, 0) is 117 Å². The number of benzene rings is 11. The molecule has 14 aromatic rings. The van der Waals surface area contributed by atoms with Gasteiger partial charge in [0.2, 0.25) is 0 Å². The Morgan fingerprint density at radius 2 is 0.901 bits per heavy atom. The summed E-state index contributed by atoms with van der Waals surface area (Å²) < 4.78 is 11.5. The zero-order chi connectivity index (χ0) is 46.4. The van der Waals surface area contributed by atoms with Crippen LogP contribution in [0.4, 0.5) is 17.1 Å². The molecule has 1 aliphatic heterocycles. The third-order valence-corrected chi connectivity index (χ3v) is 15.7. The van der Waals surface area contributed by atoms with Crippen molar-refractivity contribution in [3.63, 3.8) is 0 Å². The summed E-state index contributed by atoms with van der Waals surface area (Å²) >= 11 is 0. The molecule has 71 heavy (non-hydrogen) atoms. The topological polar surface area (TPSA) is 26.2 Å². The number of hydrogen-bond donors (Lipinski definition) is 0. The van der Waals surface area contributed by atoms with E-state index in [1.54, 1.807) is 0 Å². The van der Waals surface area contributed by atoms with Crippen LogP contribution in [0.1, 0.15) is 22.3 Å². The van der Waals surface area contributed by atoms with E-state index < -0.39 is 5.41 Å². The molecule has 0 unspecified atom stereocenters. The van der Waals surface area contributed by atoms with Crippen molar-refractivity contribution in [2.24, 2.45) is 0 Å². The molecule has 3 aromatic heterocycles. The Labute approximate surface area is 409 Å². The predicted octanol–water partition coefficient (Wildman–Crippen LogP) is 17.6. The molecule has 0 saturated carbocycles. The molecule has 0 fully saturated rings. The maximum atomic E-state index is 6.58. The number of anilines is 3. The van der Waals surface area contributed by atoms with Crippen LogP contribution in [0, 0.1) is 0 Å². The van der Waals surface area contributed by atoms with Gasteiger partial charge in [-0.2, -0.15) is 0 Å². The first-order valence-corrected chi connectivity index (χ1v) is 24.5. The zero-order valence-corrected chi connectivity index (χ0v) is 38.4. The summed E-state index contributed by atoms with van der Waals surface area (Å²) in [5, 5.41) is 7.19. The number of hydrogen-bond acceptors (Lipinski definition) is 2. The van der Waals surface area contributed by atoms with Gasteiger partial charge in [0.1, 0.15) is 11.2 Å². The van der Waals surface area contributed by atoms with Crippen LogP contribution in [-0.4, -0.2) is 9.13 Å². The molecule has 11 aromatic carbocycles. The fourth-order valence-electron chi connectivity index (χ4n) is 12.9. The molecule has 16 rings (SSSR count). The van der Waals surface area contributed by atoms with Crippen LogP contribution >= 0.6 is 0 Å². The SMILES string of the molecule is c1cc(-c2ccc3c4c2c2ccccc2n4-c2ccccc2C32c3ccccc3-c3ccccc32)cc(N(c2cccc(-n3c4ccccc4c4ccccc43)c2)c2ccc3c(c2)oc2ccccc23)c1. The molecule has 330 valence electrons. The van der Waals surface area contributed by atoms with Crippen molar-refractivity contribution >= 4 is 82.6 Å². The summed E-state index contributed by atoms with van der Waals surface area (Å²) in [6.07, 6.45) is 0. The third-order valence-electron chi connectivity index (χ3n) is 15.7. The van der Waals surface area contributed by atoms with E-state index in [0.29, 0.717) is 0 Å². The van der Waals surface area contributed by atoms with E-state index in [1.165, 1.54) is 88.2 Å². The van der Waals surface area contributed by atoms with E-state index in [0.717, 1.165) is 50.3 Å². The van der Waals surface area contributed by atoms with E-state index in [2.05, 4.69) is 257 Å². The van der Waals surface area contributed by atoms with Gasteiger partial charge in [0.05, 0.1) is 33.2 Å². The Morgan fingerprint density at radius 3 is 1.65 bits per heavy atom. The molecular weight excluding hydrogens is 863 g/mol. The Hall–Kier alpha value is -9.38. The number of aromatic nitrogens is 2. The van der Waals surface area contributed by atoms with Crippen LogP contribution in [0.5, 0.6) is 0 Å². The van der Waals surface area contributed by atoms with Crippen LogP contribution in [0.25, 0.3) is 99.2 Å². The van der Waals surface area contributed by atoms with Crippen LogP contribution in [0.15, 0.2) is 253 Å². The van der Waals surface area contributed by atoms with Crippen molar-refractivity contribution in [1.82, 2.24) is 9.13 Å². The van der Waals surface area contributed by atoms with Crippen LogP contribution in [0.3, 0.4) is 0 Å². The van der Waals surface area contributed by atoms with Crippen LogP contribution in [-0.2, 0) is 5.41 Å². The monoisotopic (exact) mass is 903 g/mol. The van der Waals surface area contributed by atoms with Crippen LogP contribution < -0.4 is 4.90 Å². The summed E-state index contributed by atoms with van der Waals surface area (Å²) in [6.45, 7) is 0. The fourth-order valence-corrected chi connectivity index (χ4v) is 12.9. The Morgan fingerprint density at radius 1 is 0.338 bits per heavy atom. The number of fused-ring (bicyclic) bond motifs is 18. The maximum absolute atomic E-state index is 6.58. The van der Waals surface area contributed by atoms with Gasteiger partial charge >= 0.3 is 0 Å². The molecule has 1 spiro atoms. The van der Waals surface area contributed by atoms with Gasteiger partial charge in [0, 0.05) is 61.1 Å². The lowest BCUT2D eigenvalue weighted by molar-refractivity contribution is 0.669. The lowest BCUT2D eigenvalue weighted by Crippen LogP contribution is -2.33. The second kappa shape index (κ2) is 14.3. The van der Waals surface area contributed by atoms with Crippen molar-refractivity contribution in [1.29, 1.82) is 0 Å². The molecule has 4 nitrogen and oxygen atoms in total. The summed E-state index contributed by atoms with van der Waals surface area (Å²) in [6, 6.07) is 91.6. The highest BCUT2D eigenvalue weighted by atomic mass is 16.3. The minimum absolute atomic E-state index is 0.500. The van der Waals surface area contributed by atoms with Crippen molar-refractivity contribution in [3.8, 4) is 33.6 Å². The molecule has 0 atom stereocenters. The minimum Gasteiger partial charge on any atom is -0.456 e. The number of para-hydroxylation sites is 5. The van der Waals surface area contributed by atoms with Gasteiger partial charge in [0.25, 0.3) is 0 Å². The van der Waals surface area contributed by atoms with Crippen molar-refractivity contribution in [2.45, 2.75) is 5.41 Å². The lowest BCUT2D eigenvalue weighted by atomic mass is 9.65. The quantitative estimate of drug-likeness (QED) is 0.172. The largest absolute Gasteiger partial charge is 0.456 e. The van der Waals surface area contributed by atoms with Gasteiger partial charge in [-0.15, -0.1) is 0 Å². The first kappa shape index (κ1) is 38.6. The van der Waals surface area contributed by atoms with Crippen molar-refractivity contribution in [3.05, 3.63) is 271 Å². The number of nitrogens with zero attached hydrogens (tertiary/aromatic N) is 3. The van der Waals surface area contributed by atoms with E-state index in [9.17, 15) is 0 Å². The van der Waals surface area contributed by atoms with Gasteiger partial charge < -0.3 is 18.5 Å². The molecular formula is C67H41N3O. The highest BCUT2D eigenvalue weighted by Crippen LogP contribution is 2.61. The predicted molar refractivity (Wildman–Crippen MR) is 293 cm³/mol. The molecule has 1 aliphatic carbocycles. The van der Waals surface area contributed by atoms with E-state index in [-0.39, 0.29) is 0 Å². The van der Waals surface area contributed by atoms with Crippen molar-refractivity contribution < 1.29 is 4.42 Å². The number of furan rings is 1. The van der Waals surface area contributed by atoms with Crippen LogP contribution in [0.2, 0.25) is 0 Å². The van der Waals surface area contributed by atoms with E-state index >= 15 is 0 Å². The summed E-state index contributed by atoms with van der Waals surface area (Å²) in [7, 11) is 0. The van der Waals surface area contributed by atoms with E-state index in [4.69, 9.17) is 4.42 Å². The Bertz CT molecular complexity index is 4460. The molecule has 2 aliphatic rings. The van der Waals surface area contributed by atoms with E-state index in [1.807, 2.05) is 6.07 Å². The second-order valence-electron chi connectivity index (χ2n) is 19.1. The molecule has 0 bridgehead atoms. The third kappa shape index (κ3) is 5.12. The minimum atomic E-state index is -0.500. The average molecular weight is 904 g/mol. The fraction of sp³-hybridized carbons (Fsp3) is 0.0149. The van der Waals surface area contributed by atoms with Gasteiger partial charge in [-0.25, -0.2) is 0 Å². The highest BCUT2D eigenvalue weighted by Gasteiger charge is 2.50. The summed E-state index contributed by atoms with van der Waals surface area (Å²) in [4.78, 5) is 2.39. The normalized spacial score (nSPS) is 13.2. The van der Waals surface area contributed by atoms with Crippen molar-refractivity contribution in [2.75, 3.05) is 4.90 Å². The maximum Gasteiger partial charge on any atom is 0.137 e. The summed E-state index contributed by atoms with van der Waals surface area (Å²) in [5.74, 6) is 0. The first-order chi connectivity index (χ1) is 35.2. The molecule has 4 heteroatoms.